The zero-order valence-electron chi connectivity index (χ0n) is 21.7. The van der Waals surface area contributed by atoms with Crippen molar-refractivity contribution in [1.82, 2.24) is 18.9 Å². The van der Waals surface area contributed by atoms with Crippen molar-refractivity contribution in [1.29, 1.82) is 0 Å². The minimum Gasteiger partial charge on any atom is -0.454 e. The van der Waals surface area contributed by atoms with Crippen LogP contribution in [-0.4, -0.2) is 69.3 Å². The van der Waals surface area contributed by atoms with Gasteiger partial charge in [0.15, 0.2) is 32.3 Å². The molecule has 2 aliphatic heterocycles. The molecule has 12 heteroatoms. The zero-order valence-corrected chi connectivity index (χ0v) is 23.3. The van der Waals surface area contributed by atoms with Gasteiger partial charge in [-0.15, -0.1) is 10.2 Å². The van der Waals surface area contributed by atoms with Crippen LogP contribution < -0.4 is 9.47 Å². The van der Waals surface area contributed by atoms with Crippen LogP contribution in [0.1, 0.15) is 38.2 Å². The highest BCUT2D eigenvalue weighted by Gasteiger charge is 2.29. The van der Waals surface area contributed by atoms with Gasteiger partial charge in [-0.2, -0.15) is 0 Å². The highest BCUT2D eigenvalue weighted by atomic mass is 32.2. The molecule has 1 amide bonds. The van der Waals surface area contributed by atoms with Crippen molar-refractivity contribution in [3.05, 3.63) is 48.1 Å². The first-order valence-corrected chi connectivity index (χ1v) is 15.4. The lowest BCUT2D eigenvalue weighted by atomic mass is 10.0. The number of aromatic nitrogens is 3. The SMILES string of the molecule is CC[C@H]1CCCCN1S(=O)(O)=C1C=CC(=NC(=O)CSc2nnc3c(C)cc4cc5c(cc4n23)OCO5)C=C1. The van der Waals surface area contributed by atoms with Gasteiger partial charge in [0.05, 0.1) is 21.8 Å². The molecular weight excluding hydrogens is 538 g/mol. The summed E-state index contributed by atoms with van der Waals surface area (Å²) in [6.07, 6.45) is 10.2. The fourth-order valence-corrected chi connectivity index (χ4v) is 7.76. The molecule has 6 rings (SSSR count). The highest BCUT2D eigenvalue weighted by molar-refractivity contribution is 7.99. The van der Waals surface area contributed by atoms with E-state index in [1.807, 2.05) is 36.4 Å². The van der Waals surface area contributed by atoms with E-state index >= 15 is 0 Å². The number of carbonyl (C=O) groups excluding carboxylic acids is 1. The Hall–Kier alpha value is -3.19. The molecule has 0 saturated carbocycles. The lowest BCUT2D eigenvalue weighted by Gasteiger charge is -2.35. The van der Waals surface area contributed by atoms with Crippen molar-refractivity contribution in [2.24, 2.45) is 4.99 Å². The van der Waals surface area contributed by atoms with Gasteiger partial charge in [-0.05, 0) is 68.2 Å². The Kier molecular flexibility index (Phi) is 6.96. The van der Waals surface area contributed by atoms with Crippen LogP contribution in [0, 0.1) is 6.92 Å². The number of allylic oxidation sites excluding steroid dienone is 4. The molecule has 1 saturated heterocycles. The smallest absolute Gasteiger partial charge is 0.256 e. The van der Waals surface area contributed by atoms with Crippen LogP contribution in [0.5, 0.6) is 11.5 Å². The van der Waals surface area contributed by atoms with Gasteiger partial charge >= 0.3 is 0 Å². The summed E-state index contributed by atoms with van der Waals surface area (Å²) < 4.78 is 39.0. The number of piperidine rings is 1. The molecule has 1 aliphatic carbocycles. The Balaban J connectivity index is 1.20. The van der Waals surface area contributed by atoms with Crippen LogP contribution in [-0.2, 0) is 14.8 Å². The molecule has 1 unspecified atom stereocenters. The maximum atomic E-state index is 13.3. The number of benzene rings is 1. The number of nitrogens with zero attached hydrogens (tertiary/aromatic N) is 5. The summed E-state index contributed by atoms with van der Waals surface area (Å²) in [6.45, 7) is 4.79. The van der Waals surface area contributed by atoms with Crippen molar-refractivity contribution in [2.75, 3.05) is 19.1 Å². The summed E-state index contributed by atoms with van der Waals surface area (Å²) in [5.41, 5.74) is 2.95. The van der Waals surface area contributed by atoms with Crippen LogP contribution in [0.25, 0.3) is 16.6 Å². The fraction of sp³-hybridized carbons (Fsp3) is 0.370. The molecule has 4 heterocycles. The van der Waals surface area contributed by atoms with E-state index in [2.05, 4.69) is 15.2 Å². The van der Waals surface area contributed by atoms with E-state index in [0.29, 0.717) is 39.4 Å². The predicted octanol–water partition coefficient (Wildman–Crippen LogP) is 4.21. The third-order valence-electron chi connectivity index (χ3n) is 7.21. The molecule has 3 aliphatic rings. The molecule has 1 fully saturated rings. The third-order valence-corrected chi connectivity index (χ3v) is 10.1. The predicted molar refractivity (Wildman–Crippen MR) is 153 cm³/mol. The largest absolute Gasteiger partial charge is 0.454 e. The topological polar surface area (TPSA) is 119 Å². The van der Waals surface area contributed by atoms with Gasteiger partial charge in [-0.3, -0.25) is 9.20 Å². The first kappa shape index (κ1) is 26.1. The van der Waals surface area contributed by atoms with Crippen molar-refractivity contribution in [3.63, 3.8) is 0 Å². The second kappa shape index (κ2) is 10.4. The minimum atomic E-state index is -3.34. The van der Waals surface area contributed by atoms with Gasteiger partial charge in [0.25, 0.3) is 5.91 Å². The van der Waals surface area contributed by atoms with Gasteiger partial charge in [0.1, 0.15) is 0 Å². The standard InChI is InChI=1S/C27H29N5O5S2/c1-3-20-6-4-5-11-31(20)39(34,35)21-9-7-19(8-10-21)28-25(33)15-38-27-30-29-26-17(2)12-18-13-23-24(37-16-36-23)14-22(18)32(26)27/h7-10,12-14,20H,3-6,11,15-16H2,1-2H3,(H,34,35)/t20-/m0/s1. The van der Waals surface area contributed by atoms with Crippen LogP contribution in [0.3, 0.4) is 0 Å². The number of hydrogen-bond donors (Lipinski definition) is 1. The van der Waals surface area contributed by atoms with Gasteiger partial charge in [0.2, 0.25) is 6.79 Å². The van der Waals surface area contributed by atoms with Gasteiger partial charge in [0, 0.05) is 24.0 Å². The van der Waals surface area contributed by atoms with Crippen molar-refractivity contribution in [3.8, 4) is 11.5 Å². The second-order valence-corrected chi connectivity index (χ2v) is 12.6. The first-order valence-electron chi connectivity index (χ1n) is 12.9. The molecule has 1 N–H and O–H groups in total. The minimum absolute atomic E-state index is 0.0607. The average molecular weight is 568 g/mol. The molecule has 10 nitrogen and oxygen atoms in total. The Bertz CT molecular complexity index is 1680. The van der Waals surface area contributed by atoms with Crippen LogP contribution in [0.2, 0.25) is 0 Å². The number of thioether (sulfide) groups is 1. The van der Waals surface area contributed by atoms with Crippen LogP contribution in [0.15, 0.2) is 52.7 Å². The lowest BCUT2D eigenvalue weighted by molar-refractivity contribution is -0.115. The Morgan fingerprint density at radius 1 is 1.15 bits per heavy atom. The lowest BCUT2D eigenvalue weighted by Crippen LogP contribution is -2.45. The fourth-order valence-electron chi connectivity index (χ4n) is 5.23. The summed E-state index contributed by atoms with van der Waals surface area (Å²) in [4.78, 5) is 17.3. The van der Waals surface area contributed by atoms with Crippen molar-refractivity contribution < 1.29 is 23.0 Å². The number of carbonyl (C=O) groups is 1. The molecule has 3 aromatic rings. The zero-order chi connectivity index (χ0) is 27.1. The second-order valence-electron chi connectivity index (χ2n) is 9.72. The van der Waals surface area contributed by atoms with Crippen molar-refractivity contribution in [2.45, 2.75) is 50.7 Å². The maximum absolute atomic E-state index is 13.3. The molecule has 0 radical (unpaired) electrons. The molecule has 1 aromatic carbocycles. The van der Waals surface area contributed by atoms with E-state index in [1.165, 1.54) is 11.8 Å². The molecular formula is C27H29N5O5S2. The summed E-state index contributed by atoms with van der Waals surface area (Å²) in [7, 11) is -3.34. The summed E-state index contributed by atoms with van der Waals surface area (Å²) >= 11 is 1.25. The van der Waals surface area contributed by atoms with Gasteiger partial charge in [-0.25, -0.2) is 13.5 Å². The number of fused-ring (bicyclic) bond motifs is 4. The third kappa shape index (κ3) is 4.86. The van der Waals surface area contributed by atoms with Crippen molar-refractivity contribution >= 4 is 54.8 Å². The number of hydrogen-bond acceptors (Lipinski definition) is 7. The van der Waals surface area contributed by atoms with E-state index in [0.717, 1.165) is 42.1 Å². The quantitative estimate of drug-likeness (QED) is 0.360. The van der Waals surface area contributed by atoms with Crippen LogP contribution in [0.4, 0.5) is 0 Å². The van der Waals surface area contributed by atoms with E-state index < -0.39 is 9.99 Å². The van der Waals surface area contributed by atoms with E-state index in [9.17, 15) is 13.6 Å². The molecule has 2 aromatic heterocycles. The van der Waals surface area contributed by atoms with Gasteiger partial charge in [-0.1, -0.05) is 25.1 Å². The van der Waals surface area contributed by atoms with Gasteiger partial charge < -0.3 is 14.0 Å². The van der Waals surface area contributed by atoms with E-state index in [-0.39, 0.29) is 24.5 Å². The number of amides is 1. The Labute approximate surface area is 230 Å². The Morgan fingerprint density at radius 3 is 2.69 bits per heavy atom. The number of pyridine rings is 1. The highest BCUT2D eigenvalue weighted by Crippen LogP contribution is 2.37. The summed E-state index contributed by atoms with van der Waals surface area (Å²) in [5.74, 6) is 1.07. The number of aliphatic imine (C=N–C) groups is 1. The Morgan fingerprint density at radius 2 is 1.92 bits per heavy atom. The normalized spacial score (nSPS) is 20.6. The van der Waals surface area contributed by atoms with E-state index in [1.54, 1.807) is 28.6 Å². The summed E-state index contributed by atoms with van der Waals surface area (Å²) in [5, 5.41) is 10.2. The molecule has 0 bridgehead atoms. The first-order chi connectivity index (χ1) is 18.8. The number of ether oxygens (including phenoxy) is 2. The number of aryl methyl sites for hydroxylation is 1. The molecule has 0 spiro atoms. The van der Waals surface area contributed by atoms with E-state index in [4.69, 9.17) is 9.47 Å². The number of rotatable bonds is 5. The summed E-state index contributed by atoms with van der Waals surface area (Å²) in [6, 6.07) is 5.95. The average Bonchev–Trinajstić information content (AvgIpc) is 3.58. The molecule has 39 heavy (non-hydrogen) atoms. The monoisotopic (exact) mass is 567 g/mol. The molecule has 204 valence electrons. The molecule has 2 atom stereocenters. The maximum Gasteiger partial charge on any atom is 0.256 e. The van der Waals surface area contributed by atoms with Crippen LogP contribution >= 0.6 is 11.8 Å².